The first-order chi connectivity index (χ1) is 16.9. The van der Waals surface area contributed by atoms with Gasteiger partial charge in [0.1, 0.15) is 6.04 Å². The summed E-state index contributed by atoms with van der Waals surface area (Å²) in [5, 5.41) is 6.41. The van der Waals surface area contributed by atoms with Gasteiger partial charge in [0, 0.05) is 29.4 Å². The van der Waals surface area contributed by atoms with Crippen molar-refractivity contribution in [1.82, 2.24) is 5.32 Å². The lowest BCUT2D eigenvalue weighted by molar-refractivity contribution is -0.123. The fourth-order valence-corrected chi connectivity index (χ4v) is 4.53. The van der Waals surface area contributed by atoms with E-state index in [-0.39, 0.29) is 23.6 Å². The Kier molecular flexibility index (Phi) is 7.87. The fraction of sp³-hybridized carbons (Fsp3) is 0.296. The minimum Gasteiger partial charge on any atom is -0.459 e. The highest BCUT2D eigenvalue weighted by molar-refractivity contribution is 6.30. The van der Waals surface area contributed by atoms with Crippen molar-refractivity contribution in [3.8, 4) is 0 Å². The van der Waals surface area contributed by atoms with Gasteiger partial charge in [0.05, 0.1) is 6.26 Å². The maximum absolute atomic E-state index is 13.8. The van der Waals surface area contributed by atoms with E-state index >= 15 is 0 Å². The Morgan fingerprint density at radius 2 is 1.66 bits per heavy atom. The second kappa shape index (κ2) is 11.2. The lowest BCUT2D eigenvalue weighted by Gasteiger charge is -2.33. The number of hydrogen-bond acceptors (Lipinski definition) is 4. The Hall–Kier alpha value is -3.58. The minimum atomic E-state index is -0.960. The van der Waals surface area contributed by atoms with Gasteiger partial charge in [-0.3, -0.25) is 19.3 Å². The van der Waals surface area contributed by atoms with Crippen LogP contribution >= 0.6 is 11.6 Å². The molecule has 1 aliphatic carbocycles. The first kappa shape index (κ1) is 24.5. The summed E-state index contributed by atoms with van der Waals surface area (Å²) in [5.74, 6) is -0.821. The van der Waals surface area contributed by atoms with E-state index in [0.717, 1.165) is 32.1 Å². The highest BCUT2D eigenvalue weighted by Gasteiger charge is 2.35. The molecule has 3 aromatic rings. The summed E-state index contributed by atoms with van der Waals surface area (Å²) < 4.78 is 5.41. The Bertz CT molecular complexity index is 1150. The average Bonchev–Trinajstić information content (AvgIpc) is 3.39. The van der Waals surface area contributed by atoms with Crippen LogP contribution in [0, 0.1) is 0 Å². The quantitative estimate of drug-likeness (QED) is 0.439. The number of rotatable bonds is 7. The van der Waals surface area contributed by atoms with E-state index in [2.05, 4.69) is 10.6 Å². The summed E-state index contributed by atoms with van der Waals surface area (Å²) in [6.07, 6.45) is 6.54. The topological polar surface area (TPSA) is 91.7 Å². The highest BCUT2D eigenvalue weighted by atomic mass is 35.5. The molecule has 7 nitrogen and oxygen atoms in total. The summed E-state index contributed by atoms with van der Waals surface area (Å²) in [7, 11) is 0. The Morgan fingerprint density at radius 3 is 2.26 bits per heavy atom. The number of nitrogens with one attached hydrogen (secondary N) is 2. The van der Waals surface area contributed by atoms with E-state index < -0.39 is 11.9 Å². The molecular formula is C27H28ClN3O4. The normalized spacial score (nSPS) is 14.7. The van der Waals surface area contributed by atoms with E-state index in [0.29, 0.717) is 22.0 Å². The van der Waals surface area contributed by atoms with Crippen molar-refractivity contribution in [1.29, 1.82) is 0 Å². The van der Waals surface area contributed by atoms with Gasteiger partial charge in [-0.25, -0.2) is 0 Å². The molecule has 0 unspecified atom stereocenters. The predicted octanol–water partition coefficient (Wildman–Crippen LogP) is 5.73. The van der Waals surface area contributed by atoms with Gasteiger partial charge in [0.2, 0.25) is 11.8 Å². The average molecular weight is 494 g/mol. The van der Waals surface area contributed by atoms with Gasteiger partial charge < -0.3 is 15.1 Å². The van der Waals surface area contributed by atoms with Gasteiger partial charge in [-0.2, -0.15) is 0 Å². The number of hydrogen-bond donors (Lipinski definition) is 2. The molecule has 0 bridgehead atoms. The third-order valence-corrected chi connectivity index (χ3v) is 6.31. The maximum Gasteiger partial charge on any atom is 0.294 e. The van der Waals surface area contributed by atoms with Gasteiger partial charge in [-0.15, -0.1) is 0 Å². The van der Waals surface area contributed by atoms with Crippen LogP contribution in [0.15, 0.2) is 71.3 Å². The smallest absolute Gasteiger partial charge is 0.294 e. The van der Waals surface area contributed by atoms with Crippen LogP contribution in [-0.4, -0.2) is 23.8 Å². The molecule has 1 aliphatic rings. The minimum absolute atomic E-state index is 0.0637. The molecule has 1 fully saturated rings. The number of carbonyl (C=O) groups excluding carboxylic acids is 3. The van der Waals surface area contributed by atoms with Crippen molar-refractivity contribution in [2.45, 2.75) is 51.1 Å². The third kappa shape index (κ3) is 6.11. The lowest BCUT2D eigenvalue weighted by atomic mass is 9.94. The molecule has 1 atom stereocenters. The molecule has 2 N–H and O–H groups in total. The number of halogens is 1. The molecule has 1 aromatic heterocycles. The van der Waals surface area contributed by atoms with Crippen LogP contribution in [0.25, 0.3) is 0 Å². The number of benzene rings is 2. The van der Waals surface area contributed by atoms with Crippen LogP contribution in [0.3, 0.4) is 0 Å². The molecule has 3 amide bonds. The molecule has 1 heterocycles. The standard InChI is InChI=1S/C27H28ClN3O4/c1-18(32)29-22-13-15-23(16-14-22)31(27(34)24-8-5-17-35-24)25(19-9-11-20(28)12-10-19)26(33)30-21-6-3-2-4-7-21/h5,8-17,21,25H,2-4,6-7H2,1H3,(H,29,32)(H,30,33)/t25-/m0/s1. The van der Waals surface area contributed by atoms with E-state index in [1.807, 2.05) is 0 Å². The van der Waals surface area contributed by atoms with Gasteiger partial charge in [0.15, 0.2) is 5.76 Å². The second-order valence-electron chi connectivity index (χ2n) is 8.68. The summed E-state index contributed by atoms with van der Waals surface area (Å²) in [4.78, 5) is 40.3. The zero-order valence-electron chi connectivity index (χ0n) is 19.5. The zero-order valence-corrected chi connectivity index (χ0v) is 20.3. The summed E-state index contributed by atoms with van der Waals surface area (Å²) in [5.41, 5.74) is 1.69. The van der Waals surface area contributed by atoms with Gasteiger partial charge in [-0.05, 0) is 66.9 Å². The largest absolute Gasteiger partial charge is 0.459 e. The molecule has 4 rings (SSSR count). The first-order valence-electron chi connectivity index (χ1n) is 11.7. The Balaban J connectivity index is 1.76. The van der Waals surface area contributed by atoms with Crippen molar-refractivity contribution in [3.63, 3.8) is 0 Å². The van der Waals surface area contributed by atoms with Crippen molar-refractivity contribution in [2.24, 2.45) is 0 Å². The number of anilines is 2. The summed E-state index contributed by atoms with van der Waals surface area (Å²) in [6, 6.07) is 16.0. The van der Waals surface area contributed by atoms with Crippen LogP contribution in [0.5, 0.6) is 0 Å². The summed E-state index contributed by atoms with van der Waals surface area (Å²) >= 11 is 6.12. The van der Waals surface area contributed by atoms with Crippen molar-refractivity contribution in [3.05, 3.63) is 83.3 Å². The Labute approximate surface area is 209 Å². The van der Waals surface area contributed by atoms with Crippen molar-refractivity contribution in [2.75, 3.05) is 10.2 Å². The molecule has 0 radical (unpaired) electrons. The molecule has 0 aliphatic heterocycles. The van der Waals surface area contributed by atoms with Gasteiger partial charge in [0.25, 0.3) is 5.91 Å². The van der Waals surface area contributed by atoms with Gasteiger partial charge in [-0.1, -0.05) is 43.0 Å². The number of carbonyl (C=O) groups is 3. The monoisotopic (exact) mass is 493 g/mol. The number of amides is 3. The maximum atomic E-state index is 13.8. The molecule has 1 saturated carbocycles. The molecule has 182 valence electrons. The zero-order chi connectivity index (χ0) is 24.8. The second-order valence-corrected chi connectivity index (χ2v) is 9.11. The van der Waals surface area contributed by atoms with E-state index in [1.165, 1.54) is 18.1 Å². The van der Waals surface area contributed by atoms with E-state index in [1.54, 1.807) is 60.7 Å². The van der Waals surface area contributed by atoms with Crippen LogP contribution in [0.4, 0.5) is 11.4 Å². The highest BCUT2D eigenvalue weighted by Crippen LogP contribution is 2.32. The van der Waals surface area contributed by atoms with Crippen LogP contribution in [0.2, 0.25) is 5.02 Å². The number of furan rings is 1. The van der Waals surface area contributed by atoms with Gasteiger partial charge >= 0.3 is 0 Å². The molecular weight excluding hydrogens is 466 g/mol. The SMILES string of the molecule is CC(=O)Nc1ccc(N(C(=O)c2ccco2)[C@H](C(=O)NC2CCCCC2)c2ccc(Cl)cc2)cc1. The Morgan fingerprint density at radius 1 is 0.971 bits per heavy atom. The lowest BCUT2D eigenvalue weighted by Crippen LogP contribution is -2.47. The molecule has 2 aromatic carbocycles. The number of nitrogens with zero attached hydrogens (tertiary/aromatic N) is 1. The molecule has 35 heavy (non-hydrogen) atoms. The van der Waals surface area contributed by atoms with Crippen molar-refractivity contribution < 1.29 is 18.8 Å². The van der Waals surface area contributed by atoms with Crippen LogP contribution in [-0.2, 0) is 9.59 Å². The summed E-state index contributed by atoms with van der Waals surface area (Å²) in [6.45, 7) is 1.42. The van der Waals surface area contributed by atoms with Crippen molar-refractivity contribution >= 4 is 40.7 Å². The van der Waals surface area contributed by atoms with E-state index in [9.17, 15) is 14.4 Å². The predicted molar refractivity (Wildman–Crippen MR) is 135 cm³/mol. The van der Waals surface area contributed by atoms with Crippen LogP contribution < -0.4 is 15.5 Å². The fourth-order valence-electron chi connectivity index (χ4n) is 4.40. The molecule has 0 spiro atoms. The van der Waals surface area contributed by atoms with Crippen LogP contribution in [0.1, 0.15) is 61.2 Å². The molecule has 8 heteroatoms. The van der Waals surface area contributed by atoms with E-state index in [4.69, 9.17) is 16.0 Å². The third-order valence-electron chi connectivity index (χ3n) is 6.06. The molecule has 0 saturated heterocycles. The first-order valence-corrected chi connectivity index (χ1v) is 12.1.